The van der Waals surface area contributed by atoms with E-state index in [1.54, 1.807) is 20.8 Å². The van der Waals surface area contributed by atoms with Crippen molar-refractivity contribution >= 4 is 129 Å². The van der Waals surface area contributed by atoms with Crippen molar-refractivity contribution < 1.29 is 128 Å². The Kier molecular flexibility index (Phi) is 42.6. The molecule has 6 aromatic carbocycles. The van der Waals surface area contributed by atoms with Crippen molar-refractivity contribution in [3.63, 3.8) is 0 Å². The van der Waals surface area contributed by atoms with E-state index in [1.807, 2.05) is 169 Å². The van der Waals surface area contributed by atoms with Gasteiger partial charge in [-0.3, -0.25) is 23.5 Å². The van der Waals surface area contributed by atoms with Gasteiger partial charge in [-0.2, -0.15) is 0 Å². The number of piperidine rings is 2. The summed E-state index contributed by atoms with van der Waals surface area (Å²) < 4.78 is 72.4. The maximum atomic E-state index is 13.6. The first-order chi connectivity index (χ1) is 61.0. The first-order valence-corrected chi connectivity index (χ1v) is 52.8. The number of oxime groups is 4. The number of hydrogen-bond acceptors (Lipinski definition) is 24. The van der Waals surface area contributed by atoms with Gasteiger partial charge in [-0.25, -0.2) is 4.98 Å². The molecule has 704 valence electrons. The van der Waals surface area contributed by atoms with Gasteiger partial charge in [0, 0.05) is 165 Å². The van der Waals surface area contributed by atoms with Crippen LogP contribution in [-0.2, 0) is 72.5 Å². The molecule has 7 aromatic rings. The number of aromatic nitrogens is 2. The molecule has 5 aliphatic heterocycles. The number of carbonyl (C=O) groups excluding carboxylic acids is 1. The Morgan fingerprint density at radius 3 is 1.43 bits per heavy atom. The van der Waals surface area contributed by atoms with Crippen LogP contribution < -0.4 is 5.73 Å². The van der Waals surface area contributed by atoms with E-state index in [4.69, 9.17) is 52.6 Å². The second kappa shape index (κ2) is 50.1. The molecule has 34 heteroatoms. The molecule has 4 unspecified atom stereocenters. The summed E-state index contributed by atoms with van der Waals surface area (Å²) in [7, 11) is -9.62. The summed E-state index contributed by atoms with van der Waals surface area (Å²) in [5, 5.41) is 27.3. The summed E-state index contributed by atoms with van der Waals surface area (Å²) in [5.74, 6) is 2.44. The fraction of sp³-hybridized carbons (Fsp3) is 0.510. The number of carbonyl (C=O) groups is 1. The maximum Gasteiger partial charge on any atom is 0.341 e. The first kappa shape index (κ1) is 111. The summed E-state index contributed by atoms with van der Waals surface area (Å²) in [5.41, 5.74) is 15.8. The molecule has 25 nitrogen and oxygen atoms in total. The normalized spacial score (nSPS) is 22.0. The second-order valence-corrected chi connectivity index (χ2v) is 42.8. The number of rotatable bonds is 32. The van der Waals surface area contributed by atoms with E-state index in [2.05, 4.69) is 186 Å². The van der Waals surface area contributed by atoms with Crippen LogP contribution in [0.1, 0.15) is 197 Å². The van der Waals surface area contributed by atoms with E-state index in [-0.39, 0.29) is 114 Å². The molecule has 6 heterocycles. The Morgan fingerprint density at radius 2 is 1.01 bits per heavy atom. The molecule has 4 atom stereocenters. The van der Waals surface area contributed by atoms with E-state index in [0.29, 0.717) is 67.6 Å². The van der Waals surface area contributed by atoms with Gasteiger partial charge in [-0.05, 0) is 208 Å². The van der Waals surface area contributed by atoms with Gasteiger partial charge >= 0.3 is 22.8 Å². The zero-order valence-corrected chi connectivity index (χ0v) is 94.6. The Balaban J connectivity index is 0.000000196. The molecular formula is C96H130Br4N11O14P3U2. The van der Waals surface area contributed by atoms with Crippen LogP contribution >= 0.6 is 87.6 Å². The number of benzene rings is 6. The average molecular weight is 2550 g/mol. The van der Waals surface area contributed by atoms with Gasteiger partial charge in [-0.15, -0.1) is 22.1 Å². The van der Waals surface area contributed by atoms with Crippen molar-refractivity contribution in [2.24, 2.45) is 58.4 Å². The fourth-order valence-electron chi connectivity index (χ4n) is 15.8. The van der Waals surface area contributed by atoms with Gasteiger partial charge in [0.2, 0.25) is 17.2 Å². The zero-order valence-electron chi connectivity index (χ0n) is 77.1. The van der Waals surface area contributed by atoms with Gasteiger partial charge in [0.15, 0.2) is 23.3 Å². The van der Waals surface area contributed by atoms with Crippen molar-refractivity contribution in [2.45, 2.75) is 183 Å². The van der Waals surface area contributed by atoms with Crippen LogP contribution in [0.3, 0.4) is 0 Å². The molecule has 130 heavy (non-hydrogen) atoms. The number of alkyl halides is 3. The third-order valence-electron chi connectivity index (χ3n) is 24.9. The van der Waals surface area contributed by atoms with Gasteiger partial charge in [0.1, 0.15) is 11.8 Å². The molecule has 0 amide bonds. The molecule has 17 rings (SSSR count). The van der Waals surface area contributed by atoms with Crippen molar-refractivity contribution in [3.8, 4) is 5.69 Å². The summed E-state index contributed by atoms with van der Waals surface area (Å²) in [6.07, 6.45) is 21.7. The number of fused-ring (bicyclic) bond motifs is 2. The Morgan fingerprint density at radius 1 is 0.562 bits per heavy atom. The van der Waals surface area contributed by atoms with Crippen molar-refractivity contribution in [3.05, 3.63) is 233 Å². The number of hydrogen-bond donors (Lipinski definition) is 2. The number of amidine groups is 3. The zero-order chi connectivity index (χ0) is 91.2. The topological polar surface area (TPSA) is 287 Å². The summed E-state index contributed by atoms with van der Waals surface area (Å²) in [4.78, 5) is 44.4. The van der Waals surface area contributed by atoms with Gasteiger partial charge in [0.05, 0.1) is 64.0 Å². The van der Waals surface area contributed by atoms with Crippen LogP contribution in [0.25, 0.3) is 11.8 Å². The van der Waals surface area contributed by atoms with Crippen LogP contribution in [0, 0.1) is 96.2 Å². The molecular weight excluding hydrogens is 2420 g/mol. The number of halogens is 4. The fourth-order valence-corrected chi connectivity index (χ4v) is 23.3. The molecule has 2 saturated heterocycles. The second-order valence-electron chi connectivity index (χ2n) is 34.7. The minimum absolute atomic E-state index is 0. The van der Waals surface area contributed by atoms with Gasteiger partial charge in [-0.1, -0.05) is 227 Å². The Labute approximate surface area is 853 Å². The van der Waals surface area contributed by atoms with Crippen LogP contribution in [0.5, 0.6) is 0 Å². The SMILES string of the molecule is Br.CC(=NCC1(CBr)CC1)c1ccccc1.CC(=O)c1ccccc1.CCOP(=O)(C/C=N/O)OCC.CCOP(=O)(CC1=NOC(C)(c2ccccc2)N1CC1(CBr)CC1)OCC.CCOP(=O)(OCC)C1CC2(CC2)CN2C1=NOC2(C)c1ccccc1.Cc1cn(-c2ccc(/C=C3\CC4(CC4)CN4C3=NOC4(C)c3ccccc3)cc2)cn1.NCC1(CBr)CC1.[U].[U]. The van der Waals surface area contributed by atoms with E-state index in [9.17, 15) is 18.5 Å². The van der Waals surface area contributed by atoms with Crippen LogP contribution in [0.15, 0.2) is 220 Å². The molecule has 3 N–H and O–H groups in total. The third kappa shape index (κ3) is 29.0. The molecule has 10 aliphatic rings. The monoisotopic (exact) mass is 2550 g/mol. The minimum atomic E-state index is -3.31. The largest absolute Gasteiger partial charge is 0.411 e. The Hall–Kier alpha value is -4.68. The quantitative estimate of drug-likeness (QED) is 0.00989. The average Bonchev–Trinajstić information content (AvgIpc) is 1.43. The van der Waals surface area contributed by atoms with Crippen molar-refractivity contribution in [1.29, 1.82) is 0 Å². The predicted octanol–water partition coefficient (Wildman–Crippen LogP) is 23.5. The molecule has 7 fully saturated rings. The number of aliphatic imine (C=N–C) groups is 1. The van der Waals surface area contributed by atoms with Crippen LogP contribution in [0.2, 0.25) is 0 Å². The summed E-state index contributed by atoms with van der Waals surface area (Å²) >= 11 is 10.6. The number of nitrogens with two attached hydrogens (primary N) is 1. The van der Waals surface area contributed by atoms with Crippen molar-refractivity contribution in [1.82, 2.24) is 24.3 Å². The van der Waals surface area contributed by atoms with Gasteiger partial charge in [0.25, 0.3) is 0 Å². The first-order valence-electron chi connectivity index (χ1n) is 44.4. The van der Waals surface area contributed by atoms with Crippen molar-refractivity contribution in [2.75, 3.05) is 101 Å². The van der Waals surface area contributed by atoms with Crippen LogP contribution in [-0.4, -0.2) is 171 Å². The number of imidazole rings is 1. The molecule has 0 bridgehead atoms. The number of nitrogens with zero attached hydrogens (tertiary/aromatic N) is 10. The van der Waals surface area contributed by atoms with E-state index in [1.165, 1.54) is 55.2 Å². The van der Waals surface area contributed by atoms with Gasteiger partial charge < -0.3 is 71.9 Å². The third-order valence-corrected chi connectivity index (χ3v) is 34.8. The smallest absolute Gasteiger partial charge is 0.341 e. The number of aryl methyl sites for hydroxylation is 1. The van der Waals surface area contributed by atoms with E-state index < -0.39 is 40.0 Å². The standard InChI is InChI=1S/C26H26N4O.C19H28BrN2O4P.C19H27N2O4P.C13H16BrN.C8H8O.C6H14NO4P.C5H10BrN.BrH.2U/c1-19-16-29(18-27-19)23-10-8-20(9-11-23)14-21-15-26(12-13-26)17-30-24(21)28-31-25(30,2)22-6-4-3-5-7-22;1-4-24-27(23,25-5-2)13-17-21-26-18(3,16-9-7-6-8-10-16)22(17)15-19(14-20)11-12-19;1-4-23-26(22,24-5-2)16-13-19(11-12-19)14-21-17(16)20-25-18(21,3)15-9-7-6-8-10-15;1-11(12-5-3-2-4-6-12)15-10-13(9-14)7-8-13;1-7(9)8-5-3-2-4-6-8;1-3-10-12(9,11-4-2)6-5-7-8;6-3-5(4-7)1-2-5;;;/h3-11,14,16,18H,12-13,15,17H2,1-2H3;6-10H,4-5,11-15H2,1-3H3;6-10,16H,4-5,11-14H2,1-3H3;2-6H,7-10H2,1H3;2-6H,1H3;5,8H,3-4,6H2,1-2H3;1-4,7H2;1H;;/b21-14+;;;;;7-5+;;;;. The number of ketones is 1. The Bertz CT molecular complexity index is 5040. The molecule has 5 aliphatic carbocycles. The predicted molar refractivity (Wildman–Crippen MR) is 528 cm³/mol. The summed E-state index contributed by atoms with van der Waals surface area (Å²) in [6.45, 7) is 29.1. The minimum Gasteiger partial charge on any atom is -0.411 e. The molecule has 1 aromatic heterocycles. The maximum absolute atomic E-state index is 13.6. The number of Topliss-reactive ketones (excluding diaryl/α,β-unsaturated/α-hetero) is 1. The van der Waals surface area contributed by atoms with Crippen LogP contribution in [0.4, 0.5) is 0 Å². The van der Waals surface area contributed by atoms with E-state index in [0.717, 1.165) is 139 Å². The molecule has 2 spiro atoms. The molecule has 5 saturated carbocycles. The summed E-state index contributed by atoms with van der Waals surface area (Å²) in [6, 6.07) is 58.8. The molecule has 0 radical (unpaired) electrons. The van der Waals surface area contributed by atoms with E-state index >= 15 is 0 Å².